The Morgan fingerprint density at radius 3 is 2.66 bits per heavy atom. The predicted octanol–water partition coefficient (Wildman–Crippen LogP) is 4.57. The zero-order valence-corrected chi connectivity index (χ0v) is 16.0. The lowest BCUT2D eigenvalue weighted by Gasteiger charge is -2.32. The van der Waals surface area contributed by atoms with Gasteiger partial charge in [-0.25, -0.2) is 0 Å². The minimum atomic E-state index is -0.103. The van der Waals surface area contributed by atoms with E-state index in [0.29, 0.717) is 11.3 Å². The molecule has 0 fully saturated rings. The van der Waals surface area contributed by atoms with Gasteiger partial charge in [-0.1, -0.05) is 53.7 Å². The van der Waals surface area contributed by atoms with Crippen molar-refractivity contribution in [1.29, 1.82) is 0 Å². The van der Waals surface area contributed by atoms with Crippen molar-refractivity contribution in [3.05, 3.63) is 89.6 Å². The summed E-state index contributed by atoms with van der Waals surface area (Å²) in [4.78, 5) is 15.1. The fourth-order valence-electron chi connectivity index (χ4n) is 3.97. The van der Waals surface area contributed by atoms with Gasteiger partial charge in [-0.05, 0) is 41.8 Å². The molecule has 0 aliphatic carbocycles. The quantitative estimate of drug-likeness (QED) is 0.561. The molecule has 1 N–H and O–H groups in total. The highest BCUT2D eigenvalue weighted by atomic mass is 16.5. The Morgan fingerprint density at radius 1 is 0.966 bits per heavy atom. The molecule has 0 unspecified atom stereocenters. The Kier molecular flexibility index (Phi) is 4.48. The lowest BCUT2D eigenvalue weighted by Crippen LogP contribution is -2.31. The topological polar surface area (TPSA) is 58.4 Å². The summed E-state index contributed by atoms with van der Waals surface area (Å²) in [5.41, 5.74) is 5.97. The number of nitrogens with one attached hydrogen (secondary N) is 1. The molecule has 0 bridgehead atoms. The number of para-hydroxylation sites is 3. The number of benzene rings is 3. The number of amides is 1. The van der Waals surface area contributed by atoms with E-state index < -0.39 is 0 Å². The molecule has 144 valence electrons. The molecule has 0 saturated heterocycles. The van der Waals surface area contributed by atoms with Crippen LogP contribution >= 0.6 is 0 Å². The Morgan fingerprint density at radius 2 is 1.72 bits per heavy atom. The van der Waals surface area contributed by atoms with Gasteiger partial charge in [0.25, 0.3) is 0 Å². The molecule has 1 aliphatic heterocycles. The molecular formula is C24H21N3O2. The van der Waals surface area contributed by atoms with Crippen molar-refractivity contribution in [2.75, 3.05) is 16.8 Å². The van der Waals surface area contributed by atoms with E-state index in [4.69, 9.17) is 4.52 Å². The van der Waals surface area contributed by atoms with E-state index in [-0.39, 0.29) is 12.3 Å². The van der Waals surface area contributed by atoms with Crippen molar-refractivity contribution < 1.29 is 9.32 Å². The molecule has 29 heavy (non-hydrogen) atoms. The van der Waals surface area contributed by atoms with E-state index in [1.807, 2.05) is 42.5 Å². The standard InChI is InChI=1S/C24H21N3O2/c28-24(15-21-19-9-3-6-12-23(19)29-26-21)25-20-10-4-5-11-22(20)27-14-13-17-7-1-2-8-18(17)16-27/h1-12H,13-16H2,(H,25,28). The number of carbonyl (C=O) groups is 1. The highest BCUT2D eigenvalue weighted by Crippen LogP contribution is 2.30. The number of rotatable bonds is 4. The summed E-state index contributed by atoms with van der Waals surface area (Å²) in [5.74, 6) is -0.103. The Labute approximate surface area is 168 Å². The van der Waals surface area contributed by atoms with E-state index in [1.165, 1.54) is 11.1 Å². The van der Waals surface area contributed by atoms with Crippen LogP contribution in [-0.4, -0.2) is 17.6 Å². The van der Waals surface area contributed by atoms with Crippen LogP contribution in [0.25, 0.3) is 11.0 Å². The van der Waals surface area contributed by atoms with E-state index >= 15 is 0 Å². The highest BCUT2D eigenvalue weighted by molar-refractivity contribution is 5.97. The highest BCUT2D eigenvalue weighted by Gasteiger charge is 2.19. The van der Waals surface area contributed by atoms with E-state index in [0.717, 1.165) is 36.3 Å². The monoisotopic (exact) mass is 383 g/mol. The molecule has 3 aromatic carbocycles. The van der Waals surface area contributed by atoms with Gasteiger partial charge in [-0.3, -0.25) is 4.79 Å². The second-order valence-corrected chi connectivity index (χ2v) is 7.31. The van der Waals surface area contributed by atoms with E-state index in [1.54, 1.807) is 0 Å². The maximum absolute atomic E-state index is 12.7. The van der Waals surface area contributed by atoms with Crippen LogP contribution in [0.3, 0.4) is 0 Å². The zero-order chi connectivity index (χ0) is 19.6. The smallest absolute Gasteiger partial charge is 0.230 e. The van der Waals surface area contributed by atoms with Crippen molar-refractivity contribution >= 4 is 28.3 Å². The van der Waals surface area contributed by atoms with Crippen molar-refractivity contribution in [3.63, 3.8) is 0 Å². The van der Waals surface area contributed by atoms with Gasteiger partial charge < -0.3 is 14.7 Å². The minimum Gasteiger partial charge on any atom is -0.365 e. The number of hydrogen-bond donors (Lipinski definition) is 1. The van der Waals surface area contributed by atoms with Crippen molar-refractivity contribution in [2.24, 2.45) is 0 Å². The van der Waals surface area contributed by atoms with Crippen molar-refractivity contribution in [2.45, 2.75) is 19.4 Å². The molecule has 5 heteroatoms. The first-order valence-electron chi connectivity index (χ1n) is 9.82. The molecule has 0 spiro atoms. The molecule has 2 heterocycles. The molecular weight excluding hydrogens is 362 g/mol. The number of fused-ring (bicyclic) bond motifs is 2. The largest absolute Gasteiger partial charge is 0.365 e. The molecule has 0 radical (unpaired) electrons. The van der Waals surface area contributed by atoms with Gasteiger partial charge in [0.1, 0.15) is 5.69 Å². The van der Waals surface area contributed by atoms with Crippen LogP contribution in [0, 0.1) is 0 Å². The Balaban J connectivity index is 1.35. The van der Waals surface area contributed by atoms with Gasteiger partial charge >= 0.3 is 0 Å². The van der Waals surface area contributed by atoms with E-state index in [2.05, 4.69) is 45.7 Å². The van der Waals surface area contributed by atoms with Gasteiger partial charge in [-0.15, -0.1) is 0 Å². The second kappa shape index (κ2) is 7.43. The third-order valence-electron chi connectivity index (χ3n) is 5.43. The zero-order valence-electron chi connectivity index (χ0n) is 16.0. The predicted molar refractivity (Wildman–Crippen MR) is 114 cm³/mol. The summed E-state index contributed by atoms with van der Waals surface area (Å²) in [7, 11) is 0. The number of hydrogen-bond acceptors (Lipinski definition) is 4. The van der Waals surface area contributed by atoms with Gasteiger partial charge in [0.15, 0.2) is 5.58 Å². The first-order chi connectivity index (χ1) is 14.3. The van der Waals surface area contributed by atoms with Crippen LogP contribution < -0.4 is 10.2 Å². The summed E-state index contributed by atoms with van der Waals surface area (Å²) in [6.45, 7) is 1.77. The van der Waals surface area contributed by atoms with Gasteiger partial charge in [-0.2, -0.15) is 0 Å². The maximum Gasteiger partial charge on any atom is 0.230 e. The summed E-state index contributed by atoms with van der Waals surface area (Å²) in [5, 5.41) is 8.02. The van der Waals surface area contributed by atoms with Gasteiger partial charge in [0.05, 0.1) is 17.8 Å². The number of aromatic nitrogens is 1. The molecule has 5 nitrogen and oxygen atoms in total. The maximum atomic E-state index is 12.7. The summed E-state index contributed by atoms with van der Waals surface area (Å²) in [6, 6.07) is 24.1. The van der Waals surface area contributed by atoms with Crippen molar-refractivity contribution in [1.82, 2.24) is 5.16 Å². The Bertz CT molecular complexity index is 1180. The molecule has 0 atom stereocenters. The first-order valence-corrected chi connectivity index (χ1v) is 9.82. The van der Waals surface area contributed by atoms with Crippen LogP contribution in [0.5, 0.6) is 0 Å². The fraction of sp³-hybridized carbons (Fsp3) is 0.167. The lowest BCUT2D eigenvalue weighted by molar-refractivity contribution is -0.115. The normalized spacial score (nSPS) is 13.3. The van der Waals surface area contributed by atoms with E-state index in [9.17, 15) is 4.79 Å². The average Bonchev–Trinajstić information content (AvgIpc) is 3.16. The molecule has 4 aromatic rings. The molecule has 1 aliphatic rings. The number of anilines is 2. The van der Waals surface area contributed by atoms with Gasteiger partial charge in [0, 0.05) is 18.5 Å². The number of carbonyl (C=O) groups excluding carboxylic acids is 1. The van der Waals surface area contributed by atoms with Crippen LogP contribution in [0.1, 0.15) is 16.8 Å². The van der Waals surface area contributed by atoms with Crippen LogP contribution in [0.4, 0.5) is 11.4 Å². The first kappa shape index (κ1) is 17.5. The molecule has 5 rings (SSSR count). The summed E-state index contributed by atoms with van der Waals surface area (Å²) >= 11 is 0. The Hall–Kier alpha value is -3.60. The SMILES string of the molecule is O=C(Cc1noc2ccccc12)Nc1ccccc1N1CCc2ccccc2C1. The van der Waals surface area contributed by atoms with Gasteiger partial charge in [0.2, 0.25) is 5.91 Å². The minimum absolute atomic E-state index is 0.103. The third-order valence-corrected chi connectivity index (χ3v) is 5.43. The molecule has 0 saturated carbocycles. The molecule has 1 aromatic heterocycles. The average molecular weight is 383 g/mol. The fourth-order valence-corrected chi connectivity index (χ4v) is 3.97. The summed E-state index contributed by atoms with van der Waals surface area (Å²) < 4.78 is 5.31. The third kappa shape index (κ3) is 3.47. The van der Waals surface area contributed by atoms with Crippen LogP contribution in [-0.2, 0) is 24.2 Å². The number of nitrogens with zero attached hydrogens (tertiary/aromatic N) is 2. The van der Waals surface area contributed by atoms with Crippen LogP contribution in [0.15, 0.2) is 77.3 Å². The van der Waals surface area contributed by atoms with Crippen molar-refractivity contribution in [3.8, 4) is 0 Å². The lowest BCUT2D eigenvalue weighted by atomic mass is 9.99. The molecule has 1 amide bonds. The second-order valence-electron chi connectivity index (χ2n) is 7.31. The summed E-state index contributed by atoms with van der Waals surface area (Å²) in [6.07, 6.45) is 1.18. The van der Waals surface area contributed by atoms with Crippen LogP contribution in [0.2, 0.25) is 0 Å².